The number of amides is 11. The van der Waals surface area contributed by atoms with Crippen molar-refractivity contribution >= 4 is 76.6 Å². The van der Waals surface area contributed by atoms with Crippen LogP contribution in [0.2, 0.25) is 0 Å². The number of hydrogen-bond acceptors (Lipinski definition) is 12. The number of rotatable bonds is 15. The van der Waals surface area contributed by atoms with Crippen LogP contribution in [0.3, 0.4) is 0 Å². The maximum Gasteiger partial charge on any atom is 0.246 e. The topological polar surface area (TPSA) is 279 Å². The molecule has 5 N–H and O–H groups in total. The number of aliphatic hydroxyl groups excluding tert-OH is 1. The Morgan fingerprint density at radius 3 is 1.30 bits per heavy atom. The van der Waals surface area contributed by atoms with E-state index in [1.54, 1.807) is 41.5 Å². The number of nitrogens with one attached hydrogen (secondary N) is 4. The smallest absolute Gasteiger partial charge is 0.246 e. The molecule has 1 rings (SSSR count). The second-order valence-electron chi connectivity index (χ2n) is 25.8. The molecule has 0 aromatic heterocycles. The minimum absolute atomic E-state index is 0.0121. The Labute approximate surface area is 507 Å². The average Bonchev–Trinajstić information content (AvgIpc) is 2.71. The van der Waals surface area contributed by atoms with E-state index in [9.17, 15) is 48.3 Å². The lowest BCUT2D eigenvalue weighted by molar-refractivity contribution is -0.157. The van der Waals surface area contributed by atoms with Gasteiger partial charge in [-0.3, -0.25) is 52.7 Å². The minimum Gasteiger partial charge on any atom is -0.390 e. The van der Waals surface area contributed by atoms with Crippen molar-refractivity contribution in [3.63, 3.8) is 0 Å². The molecule has 24 heteroatoms. The number of carbonyl (C=O) groups is 11. The summed E-state index contributed by atoms with van der Waals surface area (Å²) in [6.07, 6.45) is -0.690. The lowest BCUT2D eigenvalue weighted by Gasteiger charge is -2.41. The van der Waals surface area contributed by atoms with E-state index in [0.29, 0.717) is 0 Å². The number of hydrogen-bond donors (Lipinski definition) is 5. The molecule has 0 saturated carbocycles. The highest BCUT2D eigenvalue weighted by Gasteiger charge is 2.45. The zero-order valence-electron chi connectivity index (χ0n) is 55.0. The van der Waals surface area contributed by atoms with Crippen molar-refractivity contribution in [2.45, 2.75) is 216 Å². The molecule has 1 aliphatic heterocycles. The molecule has 482 valence electrons. The van der Waals surface area contributed by atoms with Gasteiger partial charge in [-0.05, 0) is 93.8 Å². The van der Waals surface area contributed by atoms with Crippen LogP contribution in [-0.2, 0) is 52.7 Å². The molecule has 0 bridgehead atoms. The fourth-order valence-electron chi connectivity index (χ4n) is 10.5. The first-order chi connectivity index (χ1) is 38.7. The molecule has 12 atom stereocenters. The van der Waals surface area contributed by atoms with Crippen LogP contribution in [-0.4, -0.2) is 233 Å². The number of nitrogens with zero attached hydrogens (tertiary/aromatic N) is 7. The molecule has 0 aromatic rings. The first kappa shape index (κ1) is 76.4. The second kappa shape index (κ2) is 34.5. The SMILES string of the molecule is CC[C@@H]1NC(=O)C([C@H](O)[C@H](C)CCCl)N(C)C(=O)[C@H](C(C)C)N(C)C(=O)[C@H](CC(C)C)N(C)C(=O)[C@H](CC(C)C)N(C)C(=O)[C@@H](C)NC(=O)[C@H](C)NC(=O)[C@H](CC(C)C)N(C)C(=O)[C@H](C(C)C)NC(=O)[C@H](CC(C)C)N(C)C(=O)CN(C)C1=O. The molecule has 0 aliphatic carbocycles. The maximum absolute atomic E-state index is 15.1. The van der Waals surface area contributed by atoms with Crippen LogP contribution >= 0.6 is 11.6 Å². The summed E-state index contributed by atoms with van der Waals surface area (Å²) in [5.74, 6) is -9.78. The van der Waals surface area contributed by atoms with Crippen LogP contribution in [0, 0.1) is 41.4 Å². The quantitative estimate of drug-likeness (QED) is 0.148. The van der Waals surface area contributed by atoms with Gasteiger partial charge in [-0.1, -0.05) is 96.9 Å². The minimum atomic E-state index is -1.63. The molecule has 23 nitrogen and oxygen atoms in total. The molecule has 11 amide bonds. The van der Waals surface area contributed by atoms with E-state index in [-0.39, 0.29) is 68.1 Å². The third-order valence-electron chi connectivity index (χ3n) is 15.9. The summed E-state index contributed by atoms with van der Waals surface area (Å²) >= 11 is 6.13. The first-order valence-corrected chi connectivity index (χ1v) is 30.5. The van der Waals surface area contributed by atoms with Gasteiger partial charge in [-0.2, -0.15) is 0 Å². The highest BCUT2D eigenvalue weighted by atomic mass is 35.5. The number of alkyl halides is 1. The third kappa shape index (κ3) is 21.1. The first-order valence-electron chi connectivity index (χ1n) is 30.0. The van der Waals surface area contributed by atoms with Gasteiger partial charge in [-0.25, -0.2) is 0 Å². The fraction of sp³-hybridized carbons (Fsp3) is 0.817. The third-order valence-corrected chi connectivity index (χ3v) is 16.1. The van der Waals surface area contributed by atoms with E-state index in [4.69, 9.17) is 11.6 Å². The maximum atomic E-state index is 15.1. The summed E-state index contributed by atoms with van der Waals surface area (Å²) in [5.41, 5.74) is 0. The largest absolute Gasteiger partial charge is 0.390 e. The van der Waals surface area contributed by atoms with Gasteiger partial charge in [0, 0.05) is 55.2 Å². The molecular formula is C60H108ClN11O12. The van der Waals surface area contributed by atoms with Crippen LogP contribution in [0.1, 0.15) is 149 Å². The Bertz CT molecular complexity index is 2270. The highest BCUT2D eigenvalue weighted by molar-refractivity contribution is 6.17. The van der Waals surface area contributed by atoms with Crippen molar-refractivity contribution in [3.05, 3.63) is 0 Å². The van der Waals surface area contributed by atoms with Gasteiger partial charge in [0.15, 0.2) is 0 Å². The molecule has 84 heavy (non-hydrogen) atoms. The van der Waals surface area contributed by atoms with Crippen LogP contribution in [0.4, 0.5) is 0 Å². The monoisotopic (exact) mass is 1210 g/mol. The summed E-state index contributed by atoms with van der Waals surface area (Å²) in [4.78, 5) is 168. The molecule has 1 fully saturated rings. The Morgan fingerprint density at radius 1 is 0.452 bits per heavy atom. The van der Waals surface area contributed by atoms with Crippen LogP contribution in [0.25, 0.3) is 0 Å². The van der Waals surface area contributed by atoms with Gasteiger partial charge in [0.2, 0.25) is 65.0 Å². The molecule has 0 spiro atoms. The van der Waals surface area contributed by atoms with Gasteiger partial charge in [0.1, 0.15) is 60.4 Å². The van der Waals surface area contributed by atoms with Gasteiger partial charge >= 0.3 is 0 Å². The van der Waals surface area contributed by atoms with Crippen molar-refractivity contribution in [2.24, 2.45) is 41.4 Å². The summed E-state index contributed by atoms with van der Waals surface area (Å²) in [6.45, 7) is 27.4. The van der Waals surface area contributed by atoms with Crippen LogP contribution in [0.15, 0.2) is 0 Å². The molecule has 1 aliphatic rings. The summed E-state index contributed by atoms with van der Waals surface area (Å²) in [6, 6.07) is -12.4. The number of halogens is 1. The van der Waals surface area contributed by atoms with E-state index in [0.717, 1.165) is 9.80 Å². The van der Waals surface area contributed by atoms with Crippen LogP contribution < -0.4 is 21.3 Å². The van der Waals surface area contributed by atoms with Gasteiger partial charge < -0.3 is 60.7 Å². The molecular weight excluding hydrogens is 1100 g/mol. The summed E-state index contributed by atoms with van der Waals surface area (Å²) in [7, 11) is 9.85. The standard InChI is InChI=1S/C60H108ClN11O12/c1-24-41-56(80)66(17)31-46(73)67(18)42(27-32(2)3)53(77)65-47(36(10)11)59(83)68(19)43(28-33(4)5)52(76)62-39(15)51(75)63-40(16)55(79)69(20)44(29-34(6)7)57(81)70(21)45(30-35(8)9)58(82)71(22)48(37(12)13)60(84)72(23)49(54(78)64-41)50(74)38(14)25-26-61/h32-45,47-50,74H,24-31H2,1-23H3,(H,62,76)(H,63,75)(H,64,78)(H,65,77)/t38-,39+,40-,41+,42+,43+,44+,45+,47+,48+,49?,50-/m1/s1. The second-order valence-corrected chi connectivity index (χ2v) is 26.1. The molecule has 1 heterocycles. The van der Waals surface area contributed by atoms with E-state index >= 15 is 9.59 Å². The number of carbonyl (C=O) groups excluding carboxylic acids is 11. The van der Waals surface area contributed by atoms with Gasteiger partial charge in [0.05, 0.1) is 12.6 Å². The van der Waals surface area contributed by atoms with E-state index in [2.05, 4.69) is 21.3 Å². The Hall–Kier alpha value is -5.58. The summed E-state index contributed by atoms with van der Waals surface area (Å²) < 4.78 is 0. The van der Waals surface area contributed by atoms with Crippen LogP contribution in [0.5, 0.6) is 0 Å². The van der Waals surface area contributed by atoms with Gasteiger partial charge in [0.25, 0.3) is 0 Å². The normalized spacial score (nSPS) is 27.0. The number of aliphatic hydroxyl groups is 1. The molecule has 0 aromatic carbocycles. The van der Waals surface area contributed by atoms with Gasteiger partial charge in [-0.15, -0.1) is 11.6 Å². The van der Waals surface area contributed by atoms with Crippen molar-refractivity contribution < 1.29 is 57.8 Å². The predicted octanol–water partition coefficient (Wildman–Crippen LogP) is 2.93. The summed E-state index contributed by atoms with van der Waals surface area (Å²) in [5, 5.41) is 22.9. The Morgan fingerprint density at radius 2 is 0.857 bits per heavy atom. The average molecular weight is 1210 g/mol. The predicted molar refractivity (Wildman–Crippen MR) is 324 cm³/mol. The van der Waals surface area contributed by atoms with Crippen molar-refractivity contribution in [1.29, 1.82) is 0 Å². The van der Waals surface area contributed by atoms with E-state index in [1.165, 1.54) is 87.7 Å². The van der Waals surface area contributed by atoms with Crippen molar-refractivity contribution in [3.8, 4) is 0 Å². The highest BCUT2D eigenvalue weighted by Crippen LogP contribution is 2.25. The molecule has 0 radical (unpaired) electrons. The molecule has 1 unspecified atom stereocenters. The van der Waals surface area contributed by atoms with E-state index < -0.39 is 156 Å². The Kier molecular flexibility index (Phi) is 31.4. The zero-order chi connectivity index (χ0) is 65.3. The van der Waals surface area contributed by atoms with E-state index in [1.807, 2.05) is 55.4 Å². The zero-order valence-corrected chi connectivity index (χ0v) is 55.8. The fourth-order valence-corrected chi connectivity index (χ4v) is 10.9. The molecule has 1 saturated heterocycles. The van der Waals surface area contributed by atoms with Crippen molar-refractivity contribution in [2.75, 3.05) is 61.8 Å². The lowest BCUT2D eigenvalue weighted by Crippen LogP contribution is -2.63. The Balaban J connectivity index is 4.30. The lowest BCUT2D eigenvalue weighted by atomic mass is 9.92. The number of likely N-dealkylation sites (N-methyl/N-ethyl adjacent to an activating group) is 7. The van der Waals surface area contributed by atoms with Crippen molar-refractivity contribution in [1.82, 2.24) is 55.6 Å².